The molecule has 1 heterocycles. The van der Waals surface area contributed by atoms with Crippen LogP contribution in [0.5, 0.6) is 0 Å². The van der Waals surface area contributed by atoms with E-state index in [0.717, 1.165) is 17.7 Å². The summed E-state index contributed by atoms with van der Waals surface area (Å²) in [5.74, 6) is 0.201. The molecule has 0 saturated carbocycles. The monoisotopic (exact) mass is 147 g/mol. The fraction of sp³-hybridized carbons (Fsp3) is 0.222. The average molecular weight is 147 g/mol. The molecule has 0 amide bonds. The molecule has 1 aromatic carbocycles. The van der Waals surface area contributed by atoms with Gasteiger partial charge >= 0.3 is 0 Å². The Kier molecular flexibility index (Phi) is 1.47. The summed E-state index contributed by atoms with van der Waals surface area (Å²) in [5.41, 5.74) is 2.00. The lowest BCUT2D eigenvalue weighted by molar-refractivity contribution is 0.0982. The van der Waals surface area contributed by atoms with Crippen molar-refractivity contribution >= 4 is 5.78 Å². The van der Waals surface area contributed by atoms with E-state index in [1.54, 1.807) is 0 Å². The van der Waals surface area contributed by atoms with Crippen LogP contribution in [0, 0.1) is 0 Å². The van der Waals surface area contributed by atoms with Crippen molar-refractivity contribution in [1.82, 2.24) is 5.32 Å². The first-order valence-electron chi connectivity index (χ1n) is 3.70. The second-order valence-corrected chi connectivity index (χ2v) is 2.68. The van der Waals surface area contributed by atoms with Crippen molar-refractivity contribution in [3.05, 3.63) is 35.4 Å². The van der Waals surface area contributed by atoms with E-state index in [0.29, 0.717) is 6.54 Å². The molecule has 0 aliphatic carbocycles. The minimum atomic E-state index is 0.201. The number of carbonyl (C=O) groups is 1. The van der Waals surface area contributed by atoms with Crippen LogP contribution in [0.25, 0.3) is 0 Å². The molecule has 0 fully saturated rings. The molecule has 0 unspecified atom stereocenters. The summed E-state index contributed by atoms with van der Waals surface area (Å²) in [7, 11) is 0. The summed E-state index contributed by atoms with van der Waals surface area (Å²) in [5, 5.41) is 3.04. The molecule has 0 radical (unpaired) electrons. The van der Waals surface area contributed by atoms with Crippen LogP contribution in [-0.2, 0) is 6.54 Å². The average Bonchev–Trinajstić information content (AvgIpc) is 2.06. The highest BCUT2D eigenvalue weighted by Crippen LogP contribution is 2.11. The molecule has 56 valence electrons. The number of ketones is 1. The number of fused-ring (bicyclic) bond motifs is 1. The first kappa shape index (κ1) is 6.55. The Morgan fingerprint density at radius 3 is 2.82 bits per heavy atom. The van der Waals surface area contributed by atoms with Crippen LogP contribution >= 0.6 is 0 Å². The summed E-state index contributed by atoms with van der Waals surface area (Å²) < 4.78 is 0. The quantitative estimate of drug-likeness (QED) is 0.592. The molecule has 2 rings (SSSR count). The second kappa shape index (κ2) is 2.47. The Morgan fingerprint density at radius 2 is 2.00 bits per heavy atom. The van der Waals surface area contributed by atoms with Gasteiger partial charge in [0.15, 0.2) is 5.78 Å². The summed E-state index contributed by atoms with van der Waals surface area (Å²) >= 11 is 0. The van der Waals surface area contributed by atoms with E-state index in [9.17, 15) is 4.79 Å². The van der Waals surface area contributed by atoms with Gasteiger partial charge in [0.25, 0.3) is 0 Å². The van der Waals surface area contributed by atoms with Gasteiger partial charge in [0, 0.05) is 12.1 Å². The maximum Gasteiger partial charge on any atom is 0.176 e. The van der Waals surface area contributed by atoms with Crippen LogP contribution in [0.15, 0.2) is 24.3 Å². The molecular weight excluding hydrogens is 138 g/mol. The van der Waals surface area contributed by atoms with Crippen molar-refractivity contribution in [3.8, 4) is 0 Å². The van der Waals surface area contributed by atoms with Gasteiger partial charge in [-0.15, -0.1) is 0 Å². The molecule has 0 aromatic heterocycles. The third-order valence-corrected chi connectivity index (χ3v) is 1.92. The van der Waals surface area contributed by atoms with Crippen LogP contribution in [0.1, 0.15) is 15.9 Å². The fourth-order valence-corrected chi connectivity index (χ4v) is 1.35. The molecule has 0 saturated heterocycles. The summed E-state index contributed by atoms with van der Waals surface area (Å²) in [6.07, 6.45) is 0. The molecule has 0 atom stereocenters. The van der Waals surface area contributed by atoms with Crippen LogP contribution in [0.4, 0.5) is 0 Å². The lowest BCUT2D eigenvalue weighted by Gasteiger charge is -2.14. The fourth-order valence-electron chi connectivity index (χ4n) is 1.35. The van der Waals surface area contributed by atoms with E-state index in [2.05, 4.69) is 5.32 Å². The van der Waals surface area contributed by atoms with E-state index in [-0.39, 0.29) is 5.78 Å². The number of benzene rings is 1. The number of Topliss-reactive ketones (excluding diaryl/α,β-unsaturated/α-hetero) is 1. The minimum Gasteiger partial charge on any atom is -0.306 e. The molecule has 0 bridgehead atoms. The van der Waals surface area contributed by atoms with E-state index in [4.69, 9.17) is 0 Å². The third kappa shape index (κ3) is 1.05. The molecule has 11 heavy (non-hydrogen) atoms. The van der Waals surface area contributed by atoms with E-state index in [1.807, 2.05) is 24.3 Å². The summed E-state index contributed by atoms with van der Waals surface area (Å²) in [6, 6.07) is 7.74. The Bertz CT molecular complexity index is 293. The first-order chi connectivity index (χ1) is 5.38. The normalized spacial score (nSPS) is 16.2. The molecule has 2 nitrogen and oxygen atoms in total. The SMILES string of the molecule is O=C1CNCc2ccccc21. The van der Waals surface area contributed by atoms with Gasteiger partial charge in [0.05, 0.1) is 6.54 Å². The lowest BCUT2D eigenvalue weighted by atomic mass is 10.0. The van der Waals surface area contributed by atoms with Crippen molar-refractivity contribution in [2.75, 3.05) is 6.54 Å². The summed E-state index contributed by atoms with van der Waals surface area (Å²) in [4.78, 5) is 11.2. The second-order valence-electron chi connectivity index (χ2n) is 2.68. The Labute approximate surface area is 65.2 Å². The number of nitrogens with one attached hydrogen (secondary N) is 1. The standard InChI is InChI=1S/C9H9NO/c11-9-6-10-5-7-3-1-2-4-8(7)9/h1-4,10H,5-6H2. The first-order valence-corrected chi connectivity index (χ1v) is 3.70. The molecule has 1 aliphatic rings. The Morgan fingerprint density at radius 1 is 1.18 bits per heavy atom. The molecule has 2 heteroatoms. The zero-order valence-electron chi connectivity index (χ0n) is 6.13. The van der Waals surface area contributed by atoms with Crippen molar-refractivity contribution in [3.63, 3.8) is 0 Å². The highest BCUT2D eigenvalue weighted by atomic mass is 16.1. The Balaban J connectivity index is 2.52. The van der Waals surface area contributed by atoms with Crippen LogP contribution in [0.3, 0.4) is 0 Å². The van der Waals surface area contributed by atoms with Gasteiger partial charge < -0.3 is 5.32 Å². The van der Waals surface area contributed by atoms with Gasteiger partial charge in [-0.2, -0.15) is 0 Å². The van der Waals surface area contributed by atoms with Crippen molar-refractivity contribution in [2.24, 2.45) is 0 Å². The lowest BCUT2D eigenvalue weighted by Crippen LogP contribution is -2.29. The molecule has 1 N–H and O–H groups in total. The maximum absolute atomic E-state index is 11.2. The topological polar surface area (TPSA) is 29.1 Å². The molecule has 0 spiro atoms. The molecule has 1 aromatic rings. The zero-order valence-corrected chi connectivity index (χ0v) is 6.13. The smallest absolute Gasteiger partial charge is 0.176 e. The zero-order chi connectivity index (χ0) is 7.68. The van der Waals surface area contributed by atoms with E-state index in [1.165, 1.54) is 0 Å². The summed E-state index contributed by atoms with van der Waals surface area (Å²) in [6.45, 7) is 1.30. The minimum absolute atomic E-state index is 0.201. The van der Waals surface area contributed by atoms with Gasteiger partial charge in [-0.1, -0.05) is 24.3 Å². The molecule has 1 aliphatic heterocycles. The van der Waals surface area contributed by atoms with Crippen LogP contribution in [0.2, 0.25) is 0 Å². The van der Waals surface area contributed by atoms with E-state index < -0.39 is 0 Å². The van der Waals surface area contributed by atoms with Gasteiger partial charge in [-0.3, -0.25) is 4.79 Å². The van der Waals surface area contributed by atoms with Gasteiger partial charge in [0.1, 0.15) is 0 Å². The maximum atomic E-state index is 11.2. The van der Waals surface area contributed by atoms with Gasteiger partial charge in [0.2, 0.25) is 0 Å². The van der Waals surface area contributed by atoms with Gasteiger partial charge in [-0.05, 0) is 5.56 Å². The number of carbonyl (C=O) groups excluding carboxylic acids is 1. The highest BCUT2D eigenvalue weighted by Gasteiger charge is 2.14. The van der Waals surface area contributed by atoms with Crippen molar-refractivity contribution in [2.45, 2.75) is 6.54 Å². The van der Waals surface area contributed by atoms with Crippen molar-refractivity contribution < 1.29 is 4.79 Å². The Hall–Kier alpha value is -1.15. The van der Waals surface area contributed by atoms with E-state index >= 15 is 0 Å². The predicted molar refractivity (Wildman–Crippen MR) is 42.5 cm³/mol. The van der Waals surface area contributed by atoms with Crippen molar-refractivity contribution in [1.29, 1.82) is 0 Å². The predicted octanol–water partition coefficient (Wildman–Crippen LogP) is 0.972. The number of hydrogen-bond acceptors (Lipinski definition) is 2. The van der Waals surface area contributed by atoms with Crippen LogP contribution < -0.4 is 5.32 Å². The third-order valence-electron chi connectivity index (χ3n) is 1.92. The number of hydrogen-bond donors (Lipinski definition) is 1. The largest absolute Gasteiger partial charge is 0.306 e. The van der Waals surface area contributed by atoms with Gasteiger partial charge in [-0.25, -0.2) is 0 Å². The van der Waals surface area contributed by atoms with Crippen LogP contribution in [-0.4, -0.2) is 12.3 Å². The highest BCUT2D eigenvalue weighted by molar-refractivity contribution is 5.99. The molecular formula is C9H9NO. The number of rotatable bonds is 0.